The molecule has 5 heteroatoms. The van der Waals surface area contributed by atoms with Crippen LogP contribution in [0, 0.1) is 6.92 Å². The second kappa shape index (κ2) is 21.1. The Balaban J connectivity index is 0.919. The number of nitrogens with one attached hydrogen (secondary N) is 1. The monoisotopic (exact) mass is 992 g/mol. The molecule has 362 valence electrons. The Bertz CT molecular complexity index is 4050. The van der Waals surface area contributed by atoms with Gasteiger partial charge in [0.1, 0.15) is 5.01 Å². The van der Waals surface area contributed by atoms with Crippen LogP contribution in [-0.4, -0.2) is 15.0 Å². The highest BCUT2D eigenvalue weighted by atomic mass is 32.1. The second-order valence-corrected chi connectivity index (χ2v) is 20.0. The third-order valence-corrected chi connectivity index (χ3v) is 15.1. The molecule has 76 heavy (non-hydrogen) atoms. The number of fused-ring (bicyclic) bond motifs is 1. The minimum Gasteiger partial charge on any atom is -0.359 e. The average molecular weight is 993 g/mol. The van der Waals surface area contributed by atoms with Crippen molar-refractivity contribution < 1.29 is 0 Å². The smallest absolute Gasteiger partial charge is 0.124 e. The minimum atomic E-state index is 0.695. The Hall–Kier alpha value is -9.55. The molecule has 4 nitrogen and oxygen atoms in total. The van der Waals surface area contributed by atoms with Crippen LogP contribution in [0.2, 0.25) is 0 Å². The van der Waals surface area contributed by atoms with Crippen LogP contribution in [0.3, 0.4) is 0 Å². The summed E-state index contributed by atoms with van der Waals surface area (Å²) in [6.07, 6.45) is 2.56. The zero-order valence-electron chi connectivity index (χ0n) is 42.1. The highest BCUT2D eigenvalue weighted by Crippen LogP contribution is 2.44. The largest absolute Gasteiger partial charge is 0.359 e. The molecule has 1 N–H and O–H groups in total. The minimum absolute atomic E-state index is 0.695. The number of anilines is 1. The molecule has 0 amide bonds. The number of allylic oxidation sites excluding steroid dienone is 1. The lowest BCUT2D eigenvalue weighted by Crippen LogP contribution is -1.98. The molecule has 0 fully saturated rings. The Morgan fingerprint density at radius 1 is 0.408 bits per heavy atom. The van der Waals surface area contributed by atoms with Gasteiger partial charge in [0, 0.05) is 73.6 Å². The number of thiazole rings is 1. The van der Waals surface area contributed by atoms with Gasteiger partial charge in [-0.05, 0) is 70.1 Å². The average Bonchev–Trinajstić information content (AvgIpc) is 3.98. The summed E-state index contributed by atoms with van der Waals surface area (Å²) in [5.74, 6) is 0. The molecule has 9 aromatic carbocycles. The topological polar surface area (TPSA) is 50.7 Å². The molecule has 3 heterocycles. The first-order valence-corrected chi connectivity index (χ1v) is 26.4. The van der Waals surface area contributed by atoms with E-state index >= 15 is 0 Å². The van der Waals surface area contributed by atoms with Crippen molar-refractivity contribution in [3.05, 3.63) is 279 Å². The molecule has 0 saturated heterocycles. The highest BCUT2D eigenvalue weighted by Gasteiger charge is 2.19. The van der Waals surface area contributed by atoms with E-state index in [1.165, 1.54) is 0 Å². The van der Waals surface area contributed by atoms with Crippen LogP contribution in [0.25, 0.3) is 121 Å². The molecular formula is C71H52N4S. The number of hydrogen-bond acceptors (Lipinski definition) is 5. The number of para-hydroxylation sites is 1. The van der Waals surface area contributed by atoms with Crippen LogP contribution in [0.5, 0.6) is 0 Å². The van der Waals surface area contributed by atoms with Crippen LogP contribution < -0.4 is 5.32 Å². The molecule has 0 spiro atoms. The van der Waals surface area contributed by atoms with E-state index in [0.29, 0.717) is 6.42 Å². The number of benzene rings is 9. The first kappa shape index (κ1) is 47.5. The van der Waals surface area contributed by atoms with Crippen LogP contribution in [0.1, 0.15) is 12.1 Å². The zero-order valence-corrected chi connectivity index (χ0v) is 42.9. The van der Waals surface area contributed by atoms with Crippen LogP contribution in [-0.2, 0) is 0 Å². The molecule has 0 aliphatic heterocycles. The Morgan fingerprint density at radius 2 is 0.895 bits per heavy atom. The van der Waals surface area contributed by atoms with Gasteiger partial charge < -0.3 is 5.32 Å². The lowest BCUT2D eigenvalue weighted by molar-refractivity contribution is 1.21. The van der Waals surface area contributed by atoms with E-state index in [0.717, 1.165) is 138 Å². The van der Waals surface area contributed by atoms with E-state index in [1.807, 2.05) is 31.2 Å². The van der Waals surface area contributed by atoms with Crippen molar-refractivity contribution in [3.8, 4) is 111 Å². The van der Waals surface area contributed by atoms with Crippen molar-refractivity contribution in [2.24, 2.45) is 0 Å². The Kier molecular flexibility index (Phi) is 13.2. The summed E-state index contributed by atoms with van der Waals surface area (Å²) in [5, 5.41) is 4.46. The molecule has 0 radical (unpaired) electrons. The molecule has 3 aromatic heterocycles. The maximum absolute atomic E-state index is 5.52. The second-order valence-electron chi connectivity index (χ2n) is 19.0. The summed E-state index contributed by atoms with van der Waals surface area (Å²) in [7, 11) is 0. The van der Waals surface area contributed by atoms with E-state index < -0.39 is 0 Å². The van der Waals surface area contributed by atoms with Crippen molar-refractivity contribution >= 4 is 27.2 Å². The van der Waals surface area contributed by atoms with Gasteiger partial charge in [0.15, 0.2) is 0 Å². The van der Waals surface area contributed by atoms with Gasteiger partial charge in [0.05, 0.1) is 27.3 Å². The number of rotatable bonds is 14. The van der Waals surface area contributed by atoms with Crippen molar-refractivity contribution in [2.45, 2.75) is 13.3 Å². The van der Waals surface area contributed by atoms with Gasteiger partial charge in [-0.3, -0.25) is 4.98 Å². The summed E-state index contributed by atoms with van der Waals surface area (Å²) >= 11 is 1.74. The van der Waals surface area contributed by atoms with Crippen molar-refractivity contribution in [1.29, 1.82) is 0 Å². The van der Waals surface area contributed by atoms with E-state index in [9.17, 15) is 0 Å². The van der Waals surface area contributed by atoms with Gasteiger partial charge in [-0.25, -0.2) is 9.97 Å². The maximum Gasteiger partial charge on any atom is 0.124 e. The van der Waals surface area contributed by atoms with Crippen molar-refractivity contribution in [3.63, 3.8) is 0 Å². The van der Waals surface area contributed by atoms with Gasteiger partial charge in [-0.2, -0.15) is 0 Å². The summed E-state index contributed by atoms with van der Waals surface area (Å²) in [6.45, 7) is 10.1. The van der Waals surface area contributed by atoms with Gasteiger partial charge >= 0.3 is 0 Å². The third-order valence-electron chi connectivity index (χ3n) is 13.9. The van der Waals surface area contributed by atoms with E-state index in [2.05, 4.69) is 249 Å². The molecule has 0 aliphatic rings. The summed E-state index contributed by atoms with van der Waals surface area (Å²) in [6, 6.07) is 88.2. The quantitative estimate of drug-likeness (QED) is 0.110. The SMILES string of the molecule is C=CCC(=C)Nc1ccccc1-c1cccc(-c2ccc(-c3nc4c(-c5ccc(-c6ccc(C)nc6-c6ccccc6)cc5)ccc(-c5ccc(-c6ccc(-c7ccccc7)nc6-c6ccccc6)cc5)c4s3)cc2)c1. The molecule has 0 unspecified atom stereocenters. The maximum atomic E-state index is 5.52. The number of nitrogens with zero attached hydrogens (tertiary/aromatic N) is 3. The van der Waals surface area contributed by atoms with Crippen LogP contribution in [0.4, 0.5) is 5.69 Å². The fourth-order valence-electron chi connectivity index (χ4n) is 10.1. The number of pyridine rings is 2. The predicted octanol–water partition coefficient (Wildman–Crippen LogP) is 19.6. The number of aryl methyl sites for hydroxylation is 1. The molecule has 12 rings (SSSR count). The molecule has 0 saturated carbocycles. The molecule has 0 bridgehead atoms. The fourth-order valence-corrected chi connectivity index (χ4v) is 11.2. The number of hydrogen-bond donors (Lipinski definition) is 1. The van der Waals surface area contributed by atoms with Crippen LogP contribution in [0.15, 0.2) is 274 Å². The molecule has 12 aromatic rings. The molecule has 0 atom stereocenters. The third kappa shape index (κ3) is 9.71. The Morgan fingerprint density at radius 3 is 1.54 bits per heavy atom. The van der Waals surface area contributed by atoms with Crippen molar-refractivity contribution in [1.82, 2.24) is 15.0 Å². The standard InChI is InChI=1S/C71H52N4S/c1-4-17-47(2)72-66-27-15-14-26-60(66)59-25-16-24-58(46-59)49-29-39-57(40-30-49)71-75-69-63(52-33-31-50(32-34-52)61-41-28-48(3)73-67(61)55-20-10-6-11-21-55)42-43-64(70(69)76-71)53-37-35-51(36-38-53)62-44-45-65(54-18-8-5-9-19-54)74-68(62)56-22-12-7-13-23-56/h4-16,18-46,72H,1-2,17H2,3H3. The summed E-state index contributed by atoms with van der Waals surface area (Å²) in [5.41, 5.74) is 24.5. The van der Waals surface area contributed by atoms with Gasteiger partial charge in [-0.1, -0.05) is 237 Å². The van der Waals surface area contributed by atoms with E-state index in [1.54, 1.807) is 11.3 Å². The van der Waals surface area contributed by atoms with E-state index in [-0.39, 0.29) is 0 Å². The summed E-state index contributed by atoms with van der Waals surface area (Å²) in [4.78, 5) is 15.8. The van der Waals surface area contributed by atoms with Gasteiger partial charge in [-0.15, -0.1) is 17.9 Å². The predicted molar refractivity (Wildman–Crippen MR) is 322 cm³/mol. The highest BCUT2D eigenvalue weighted by molar-refractivity contribution is 7.22. The first-order chi connectivity index (χ1) is 37.4. The summed E-state index contributed by atoms with van der Waals surface area (Å²) < 4.78 is 1.14. The number of aromatic nitrogens is 3. The van der Waals surface area contributed by atoms with E-state index in [4.69, 9.17) is 15.0 Å². The lowest BCUT2D eigenvalue weighted by Gasteiger charge is -2.14. The van der Waals surface area contributed by atoms with Crippen molar-refractivity contribution in [2.75, 3.05) is 5.32 Å². The first-order valence-electron chi connectivity index (χ1n) is 25.6. The Labute approximate surface area is 448 Å². The van der Waals surface area contributed by atoms with Crippen LogP contribution >= 0.6 is 11.3 Å². The lowest BCUT2D eigenvalue weighted by atomic mass is 9.94. The van der Waals surface area contributed by atoms with Gasteiger partial charge in [0.2, 0.25) is 0 Å². The normalized spacial score (nSPS) is 11.1. The van der Waals surface area contributed by atoms with Gasteiger partial charge in [0.25, 0.3) is 0 Å². The fraction of sp³-hybridized carbons (Fsp3) is 0.0282. The molecular weight excluding hydrogens is 941 g/mol. The molecule has 0 aliphatic carbocycles. The zero-order chi connectivity index (χ0) is 51.4.